The molecule has 0 unspecified atom stereocenters. The zero-order chi connectivity index (χ0) is 19.0. The standard InChI is InChI=1S/C16H19FN2O4S2/c1-10-7-11(2)16(12(3)8-10)25(22,23)19-15-9-13(17)5-6-14(15)18-24(4,20)21/h5-9,18-19H,1-4H3. The fourth-order valence-corrected chi connectivity index (χ4v) is 4.78. The molecule has 2 N–H and O–H groups in total. The van der Waals surface area contributed by atoms with Crippen LogP contribution in [0.1, 0.15) is 16.7 Å². The first-order chi connectivity index (χ1) is 11.4. The first-order valence-corrected chi connectivity index (χ1v) is 10.6. The predicted octanol–water partition coefficient (Wildman–Crippen LogP) is 2.92. The van der Waals surface area contributed by atoms with Gasteiger partial charge in [-0.15, -0.1) is 0 Å². The van der Waals surface area contributed by atoms with Gasteiger partial charge in [0.25, 0.3) is 10.0 Å². The Morgan fingerprint density at radius 1 is 0.840 bits per heavy atom. The SMILES string of the molecule is Cc1cc(C)c(S(=O)(=O)Nc2cc(F)ccc2NS(C)(=O)=O)c(C)c1. The number of nitrogens with one attached hydrogen (secondary N) is 2. The number of benzene rings is 2. The van der Waals surface area contributed by atoms with Gasteiger partial charge in [-0.2, -0.15) is 0 Å². The molecule has 0 saturated carbocycles. The molecular weight excluding hydrogens is 367 g/mol. The van der Waals surface area contributed by atoms with Crippen molar-refractivity contribution in [3.63, 3.8) is 0 Å². The molecule has 0 heterocycles. The van der Waals surface area contributed by atoms with E-state index in [4.69, 9.17) is 0 Å². The average Bonchev–Trinajstić information content (AvgIpc) is 2.38. The fourth-order valence-electron chi connectivity index (χ4n) is 2.68. The smallest absolute Gasteiger partial charge is 0.262 e. The Kier molecular flexibility index (Phi) is 5.10. The zero-order valence-corrected chi connectivity index (χ0v) is 15.8. The van der Waals surface area contributed by atoms with E-state index >= 15 is 0 Å². The molecule has 0 fully saturated rings. The van der Waals surface area contributed by atoms with Gasteiger partial charge < -0.3 is 0 Å². The van der Waals surface area contributed by atoms with E-state index in [0.717, 1.165) is 30.0 Å². The van der Waals surface area contributed by atoms with Crippen LogP contribution < -0.4 is 9.44 Å². The molecule has 0 radical (unpaired) electrons. The topological polar surface area (TPSA) is 92.3 Å². The van der Waals surface area contributed by atoms with Crippen LogP contribution in [0.2, 0.25) is 0 Å². The molecule has 0 atom stereocenters. The van der Waals surface area contributed by atoms with Crippen LogP contribution in [-0.4, -0.2) is 23.1 Å². The number of halogens is 1. The van der Waals surface area contributed by atoms with Crippen LogP contribution in [0.25, 0.3) is 0 Å². The summed E-state index contributed by atoms with van der Waals surface area (Å²) in [6, 6.07) is 6.56. The Morgan fingerprint density at radius 3 is 1.92 bits per heavy atom. The molecule has 25 heavy (non-hydrogen) atoms. The molecule has 2 rings (SSSR count). The third-order valence-corrected chi connectivity index (χ3v) is 5.66. The Hall–Kier alpha value is -2.13. The Balaban J connectivity index is 2.54. The van der Waals surface area contributed by atoms with Crippen molar-refractivity contribution in [1.82, 2.24) is 0 Å². The van der Waals surface area contributed by atoms with Crippen LogP contribution in [0.3, 0.4) is 0 Å². The van der Waals surface area contributed by atoms with Gasteiger partial charge in [0.15, 0.2) is 0 Å². The second kappa shape index (κ2) is 6.64. The highest BCUT2D eigenvalue weighted by atomic mass is 32.2. The Morgan fingerprint density at radius 2 is 1.40 bits per heavy atom. The molecule has 0 bridgehead atoms. The maximum Gasteiger partial charge on any atom is 0.262 e. The van der Waals surface area contributed by atoms with E-state index in [2.05, 4.69) is 9.44 Å². The van der Waals surface area contributed by atoms with E-state index in [1.165, 1.54) is 0 Å². The molecule has 2 aromatic rings. The summed E-state index contributed by atoms with van der Waals surface area (Å²) in [5.74, 6) is -0.700. The van der Waals surface area contributed by atoms with Crippen molar-refractivity contribution in [3.05, 3.63) is 52.8 Å². The lowest BCUT2D eigenvalue weighted by Gasteiger charge is -2.16. The Bertz CT molecular complexity index is 1010. The van der Waals surface area contributed by atoms with Crippen molar-refractivity contribution < 1.29 is 21.2 Å². The highest BCUT2D eigenvalue weighted by molar-refractivity contribution is 7.93. The second-order valence-corrected chi connectivity index (χ2v) is 9.27. The lowest BCUT2D eigenvalue weighted by atomic mass is 10.1. The first-order valence-electron chi connectivity index (χ1n) is 7.27. The molecule has 9 heteroatoms. The van der Waals surface area contributed by atoms with Gasteiger partial charge in [-0.25, -0.2) is 21.2 Å². The number of aryl methyl sites for hydroxylation is 3. The zero-order valence-electron chi connectivity index (χ0n) is 14.2. The van der Waals surface area contributed by atoms with Crippen molar-refractivity contribution in [2.45, 2.75) is 25.7 Å². The van der Waals surface area contributed by atoms with Crippen molar-refractivity contribution in [2.75, 3.05) is 15.7 Å². The van der Waals surface area contributed by atoms with Gasteiger partial charge in [0, 0.05) is 6.07 Å². The quantitative estimate of drug-likeness (QED) is 0.826. The number of anilines is 2. The lowest BCUT2D eigenvalue weighted by molar-refractivity contribution is 0.599. The largest absolute Gasteiger partial charge is 0.282 e. The van der Waals surface area contributed by atoms with Crippen LogP contribution in [0.5, 0.6) is 0 Å². The molecule has 6 nitrogen and oxygen atoms in total. The van der Waals surface area contributed by atoms with E-state index in [1.54, 1.807) is 26.0 Å². The summed E-state index contributed by atoms with van der Waals surface area (Å²) in [5.41, 5.74) is 1.75. The normalized spacial score (nSPS) is 12.0. The molecule has 0 spiro atoms. The molecule has 0 amide bonds. The van der Waals surface area contributed by atoms with E-state index in [0.29, 0.717) is 11.1 Å². The minimum atomic E-state index is -4.04. The van der Waals surface area contributed by atoms with Crippen molar-refractivity contribution in [3.8, 4) is 0 Å². The maximum absolute atomic E-state index is 13.6. The molecule has 2 aromatic carbocycles. The summed E-state index contributed by atoms with van der Waals surface area (Å²) >= 11 is 0. The van der Waals surface area contributed by atoms with Gasteiger partial charge in [0.05, 0.1) is 22.5 Å². The molecular formula is C16H19FN2O4S2. The molecule has 136 valence electrons. The summed E-state index contributed by atoms with van der Waals surface area (Å²) in [4.78, 5) is 0.0765. The van der Waals surface area contributed by atoms with Gasteiger partial charge in [0.2, 0.25) is 10.0 Å². The van der Waals surface area contributed by atoms with Crippen LogP contribution in [0.4, 0.5) is 15.8 Å². The highest BCUT2D eigenvalue weighted by Crippen LogP contribution is 2.29. The molecule has 0 aliphatic carbocycles. The maximum atomic E-state index is 13.6. The summed E-state index contributed by atoms with van der Waals surface area (Å²) in [7, 11) is -7.70. The highest BCUT2D eigenvalue weighted by Gasteiger charge is 2.22. The number of rotatable bonds is 5. The van der Waals surface area contributed by atoms with Crippen LogP contribution in [0.15, 0.2) is 35.2 Å². The van der Waals surface area contributed by atoms with Gasteiger partial charge in [-0.1, -0.05) is 17.7 Å². The van der Waals surface area contributed by atoms with Gasteiger partial charge in [-0.3, -0.25) is 9.44 Å². The lowest BCUT2D eigenvalue weighted by Crippen LogP contribution is -2.18. The number of hydrogen-bond acceptors (Lipinski definition) is 4. The van der Waals surface area contributed by atoms with E-state index in [1.807, 2.05) is 6.92 Å². The summed E-state index contributed by atoms with van der Waals surface area (Å²) < 4.78 is 66.4. The predicted molar refractivity (Wildman–Crippen MR) is 96.3 cm³/mol. The second-order valence-electron chi connectivity index (χ2n) is 5.90. The minimum absolute atomic E-state index is 0.0603. The average molecular weight is 386 g/mol. The van der Waals surface area contributed by atoms with E-state index in [-0.39, 0.29) is 16.3 Å². The van der Waals surface area contributed by atoms with E-state index < -0.39 is 25.9 Å². The number of hydrogen-bond donors (Lipinski definition) is 2. The molecule has 0 aromatic heterocycles. The first kappa shape index (κ1) is 19.2. The third kappa shape index (κ3) is 4.70. The van der Waals surface area contributed by atoms with Crippen LogP contribution >= 0.6 is 0 Å². The molecule has 0 aliphatic rings. The van der Waals surface area contributed by atoms with Gasteiger partial charge in [0.1, 0.15) is 5.82 Å². The van der Waals surface area contributed by atoms with Gasteiger partial charge in [-0.05, 0) is 44.0 Å². The van der Waals surface area contributed by atoms with Crippen LogP contribution in [0, 0.1) is 26.6 Å². The van der Waals surface area contributed by atoms with E-state index in [9.17, 15) is 21.2 Å². The molecule has 0 aliphatic heterocycles. The fraction of sp³-hybridized carbons (Fsp3) is 0.250. The third-order valence-electron chi connectivity index (χ3n) is 3.39. The van der Waals surface area contributed by atoms with Crippen molar-refractivity contribution in [1.29, 1.82) is 0 Å². The summed E-state index contributed by atoms with van der Waals surface area (Å²) in [5, 5.41) is 0. The van der Waals surface area contributed by atoms with Crippen molar-refractivity contribution >= 4 is 31.4 Å². The summed E-state index contributed by atoms with van der Waals surface area (Å²) in [6.07, 6.45) is 0.920. The monoisotopic (exact) mass is 386 g/mol. The molecule has 0 saturated heterocycles. The van der Waals surface area contributed by atoms with Gasteiger partial charge >= 0.3 is 0 Å². The summed E-state index contributed by atoms with van der Waals surface area (Å²) in [6.45, 7) is 5.18. The number of sulfonamides is 2. The van der Waals surface area contributed by atoms with Crippen molar-refractivity contribution in [2.24, 2.45) is 0 Å². The van der Waals surface area contributed by atoms with Crippen LogP contribution in [-0.2, 0) is 20.0 Å². The Labute approximate surface area is 147 Å². The minimum Gasteiger partial charge on any atom is -0.282 e.